The molecule has 2 aromatic carbocycles. The molecule has 3 N–H and O–H groups in total. The van der Waals surface area contributed by atoms with Crippen molar-refractivity contribution in [2.24, 2.45) is 0 Å². The molecule has 3 rings (SSSR count). The highest BCUT2D eigenvalue weighted by atomic mass is 35.5. The number of halogens is 1. The quantitative estimate of drug-likeness (QED) is 0.810. The smallest absolute Gasteiger partial charge is 0.254 e. The molecule has 6 heteroatoms. The lowest BCUT2D eigenvalue weighted by molar-refractivity contribution is -0.125. The van der Waals surface area contributed by atoms with Crippen LogP contribution in [0.4, 0.5) is 5.69 Å². The number of nitrogens with two attached hydrogens (primary N) is 1. The molecular formula is C20H22ClN3O2. The van der Waals surface area contributed by atoms with E-state index in [0.29, 0.717) is 35.8 Å². The largest absolute Gasteiger partial charge is 0.398 e. The predicted octanol–water partition coefficient (Wildman–Crippen LogP) is 3.15. The van der Waals surface area contributed by atoms with Crippen molar-refractivity contribution in [1.29, 1.82) is 0 Å². The summed E-state index contributed by atoms with van der Waals surface area (Å²) in [6.45, 7) is 2.81. The van der Waals surface area contributed by atoms with Gasteiger partial charge in [0.1, 0.15) is 6.04 Å². The Morgan fingerprint density at radius 1 is 1.23 bits per heavy atom. The van der Waals surface area contributed by atoms with E-state index in [0.717, 1.165) is 17.5 Å². The van der Waals surface area contributed by atoms with E-state index in [1.54, 1.807) is 35.2 Å². The van der Waals surface area contributed by atoms with Gasteiger partial charge in [0.15, 0.2) is 0 Å². The van der Waals surface area contributed by atoms with Gasteiger partial charge in [-0.25, -0.2) is 0 Å². The van der Waals surface area contributed by atoms with Crippen LogP contribution in [0.5, 0.6) is 0 Å². The SMILES string of the molecule is Cc1c(N)cccc1C(=O)N1CCCC1C(=O)NCc1ccc(Cl)cc1. The second-order valence-electron chi connectivity index (χ2n) is 6.52. The topological polar surface area (TPSA) is 75.4 Å². The lowest BCUT2D eigenvalue weighted by Crippen LogP contribution is -2.45. The van der Waals surface area contributed by atoms with E-state index in [4.69, 9.17) is 17.3 Å². The monoisotopic (exact) mass is 371 g/mol. The number of carbonyl (C=O) groups excluding carboxylic acids is 2. The fraction of sp³-hybridized carbons (Fsp3) is 0.300. The molecule has 0 spiro atoms. The van der Waals surface area contributed by atoms with Gasteiger partial charge in [0.25, 0.3) is 5.91 Å². The molecule has 1 saturated heterocycles. The van der Waals surface area contributed by atoms with Gasteiger partial charge in [-0.1, -0.05) is 29.8 Å². The Balaban J connectivity index is 1.69. The summed E-state index contributed by atoms with van der Waals surface area (Å²) in [7, 11) is 0. The number of nitrogens with zero attached hydrogens (tertiary/aromatic N) is 1. The van der Waals surface area contributed by atoms with E-state index < -0.39 is 6.04 Å². The number of hydrogen-bond acceptors (Lipinski definition) is 3. The van der Waals surface area contributed by atoms with Crippen LogP contribution in [0.15, 0.2) is 42.5 Å². The number of nitrogens with one attached hydrogen (secondary N) is 1. The molecule has 26 heavy (non-hydrogen) atoms. The highest BCUT2D eigenvalue weighted by Gasteiger charge is 2.34. The molecule has 2 amide bonds. The van der Waals surface area contributed by atoms with Crippen LogP contribution in [0, 0.1) is 6.92 Å². The number of hydrogen-bond donors (Lipinski definition) is 2. The highest BCUT2D eigenvalue weighted by molar-refractivity contribution is 6.30. The Morgan fingerprint density at radius 2 is 1.96 bits per heavy atom. The molecule has 0 bridgehead atoms. The molecule has 1 atom stereocenters. The minimum Gasteiger partial charge on any atom is -0.398 e. The Bertz CT molecular complexity index is 820. The summed E-state index contributed by atoms with van der Waals surface area (Å²) < 4.78 is 0. The van der Waals surface area contributed by atoms with Gasteiger partial charge in [-0.2, -0.15) is 0 Å². The van der Waals surface area contributed by atoms with Crippen LogP contribution in [-0.2, 0) is 11.3 Å². The Hall–Kier alpha value is -2.53. The maximum Gasteiger partial charge on any atom is 0.254 e. The lowest BCUT2D eigenvalue weighted by Gasteiger charge is -2.25. The maximum atomic E-state index is 12.9. The fourth-order valence-electron chi connectivity index (χ4n) is 3.23. The Kier molecular flexibility index (Phi) is 5.47. The Morgan fingerprint density at radius 3 is 2.69 bits per heavy atom. The number of carbonyl (C=O) groups is 2. The van der Waals surface area contributed by atoms with Crippen molar-refractivity contribution in [3.63, 3.8) is 0 Å². The lowest BCUT2D eigenvalue weighted by atomic mass is 10.1. The average Bonchev–Trinajstić information content (AvgIpc) is 3.12. The van der Waals surface area contributed by atoms with Gasteiger partial charge >= 0.3 is 0 Å². The van der Waals surface area contributed by atoms with E-state index in [1.807, 2.05) is 19.1 Å². The molecule has 0 radical (unpaired) electrons. The van der Waals surface area contributed by atoms with Gasteiger partial charge in [0.05, 0.1) is 0 Å². The number of anilines is 1. The van der Waals surface area contributed by atoms with Crippen molar-refractivity contribution >= 4 is 29.1 Å². The fourth-order valence-corrected chi connectivity index (χ4v) is 3.36. The van der Waals surface area contributed by atoms with Crippen LogP contribution >= 0.6 is 11.6 Å². The average molecular weight is 372 g/mol. The van der Waals surface area contributed by atoms with Crippen LogP contribution in [0.2, 0.25) is 5.02 Å². The van der Waals surface area contributed by atoms with Crippen LogP contribution < -0.4 is 11.1 Å². The van der Waals surface area contributed by atoms with Crippen LogP contribution in [0.3, 0.4) is 0 Å². The highest BCUT2D eigenvalue weighted by Crippen LogP contribution is 2.24. The number of nitrogen functional groups attached to an aromatic ring is 1. The van der Waals surface area contributed by atoms with Crippen LogP contribution in [0.25, 0.3) is 0 Å². The van der Waals surface area contributed by atoms with E-state index in [1.165, 1.54) is 0 Å². The third-order valence-electron chi connectivity index (χ3n) is 4.80. The van der Waals surface area contributed by atoms with Crippen molar-refractivity contribution in [1.82, 2.24) is 10.2 Å². The van der Waals surface area contributed by atoms with Crippen molar-refractivity contribution in [2.75, 3.05) is 12.3 Å². The third-order valence-corrected chi connectivity index (χ3v) is 5.05. The molecule has 1 unspecified atom stereocenters. The van der Waals surface area contributed by atoms with Gasteiger partial charge in [-0.15, -0.1) is 0 Å². The van der Waals surface area contributed by atoms with E-state index in [9.17, 15) is 9.59 Å². The molecule has 1 heterocycles. The number of amides is 2. The standard InChI is InChI=1S/C20H22ClN3O2/c1-13-16(4-2-5-17(13)22)20(26)24-11-3-6-18(24)19(25)23-12-14-7-9-15(21)10-8-14/h2,4-5,7-10,18H,3,6,11-12,22H2,1H3,(H,23,25). The van der Waals surface area contributed by atoms with Crippen LogP contribution in [0.1, 0.15) is 34.3 Å². The molecule has 0 saturated carbocycles. The summed E-state index contributed by atoms with van der Waals surface area (Å²) in [5.41, 5.74) is 8.77. The second kappa shape index (κ2) is 7.79. The molecule has 5 nitrogen and oxygen atoms in total. The molecule has 1 aliphatic heterocycles. The first-order valence-corrected chi connectivity index (χ1v) is 9.03. The van der Waals surface area contributed by atoms with Crippen molar-refractivity contribution in [3.05, 3.63) is 64.2 Å². The summed E-state index contributed by atoms with van der Waals surface area (Å²) in [5.74, 6) is -0.272. The first kappa shape index (κ1) is 18.3. The zero-order chi connectivity index (χ0) is 18.7. The Labute approximate surface area is 158 Å². The van der Waals surface area contributed by atoms with E-state index >= 15 is 0 Å². The second-order valence-corrected chi connectivity index (χ2v) is 6.96. The molecule has 136 valence electrons. The summed E-state index contributed by atoms with van der Waals surface area (Å²) in [6.07, 6.45) is 1.48. The van der Waals surface area contributed by atoms with E-state index in [2.05, 4.69) is 5.32 Å². The van der Waals surface area contributed by atoms with Crippen molar-refractivity contribution < 1.29 is 9.59 Å². The first-order chi connectivity index (χ1) is 12.5. The summed E-state index contributed by atoms with van der Waals surface area (Å²) in [4.78, 5) is 27.2. The molecular weight excluding hydrogens is 350 g/mol. The van der Waals surface area contributed by atoms with Gasteiger partial charge in [-0.05, 0) is 55.2 Å². The van der Waals surface area contributed by atoms with Crippen LogP contribution in [-0.4, -0.2) is 29.3 Å². The van der Waals surface area contributed by atoms with Gasteiger partial charge in [0, 0.05) is 29.4 Å². The maximum absolute atomic E-state index is 12.9. The molecule has 0 aliphatic carbocycles. The molecule has 0 aromatic heterocycles. The molecule has 2 aromatic rings. The molecule has 1 fully saturated rings. The summed E-state index contributed by atoms with van der Waals surface area (Å²) in [6, 6.07) is 12.2. The normalized spacial score (nSPS) is 16.5. The first-order valence-electron chi connectivity index (χ1n) is 8.65. The van der Waals surface area contributed by atoms with Crippen molar-refractivity contribution in [2.45, 2.75) is 32.4 Å². The zero-order valence-electron chi connectivity index (χ0n) is 14.7. The minimum absolute atomic E-state index is 0.132. The number of rotatable bonds is 4. The van der Waals surface area contributed by atoms with Crippen molar-refractivity contribution in [3.8, 4) is 0 Å². The van der Waals surface area contributed by atoms with Gasteiger partial charge in [-0.3, -0.25) is 9.59 Å². The number of benzene rings is 2. The predicted molar refractivity (Wildman–Crippen MR) is 103 cm³/mol. The molecule has 1 aliphatic rings. The summed E-state index contributed by atoms with van der Waals surface area (Å²) in [5, 5.41) is 3.58. The van der Waals surface area contributed by atoms with E-state index in [-0.39, 0.29) is 11.8 Å². The summed E-state index contributed by atoms with van der Waals surface area (Å²) >= 11 is 5.87. The third kappa shape index (κ3) is 3.83. The minimum atomic E-state index is -0.448. The number of likely N-dealkylation sites (tertiary alicyclic amines) is 1. The van der Waals surface area contributed by atoms with Gasteiger partial charge in [0.2, 0.25) is 5.91 Å². The van der Waals surface area contributed by atoms with Gasteiger partial charge < -0.3 is 16.0 Å². The zero-order valence-corrected chi connectivity index (χ0v) is 15.4.